The molecular weight excluding hydrogens is 228 g/mol. The first-order valence-electron chi connectivity index (χ1n) is 6.44. The Kier molecular flexibility index (Phi) is 3.75. The number of rotatable bonds is 4. The average molecular weight is 248 g/mol. The highest BCUT2D eigenvalue weighted by molar-refractivity contribution is 5.91. The third-order valence-corrected chi connectivity index (χ3v) is 3.26. The van der Waals surface area contributed by atoms with Crippen LogP contribution in [-0.2, 0) is 0 Å². The topological polar surface area (TPSA) is 52.6 Å². The molecule has 0 aromatic heterocycles. The van der Waals surface area contributed by atoms with E-state index in [1.165, 1.54) is 0 Å². The number of hydrogen-bond donors (Lipinski definition) is 2. The quantitative estimate of drug-likeness (QED) is 0.860. The zero-order valence-corrected chi connectivity index (χ0v) is 10.9. The van der Waals surface area contributed by atoms with Crippen LogP contribution in [0.25, 0.3) is 0 Å². The lowest BCUT2D eigenvalue weighted by Gasteiger charge is -2.32. The summed E-state index contributed by atoms with van der Waals surface area (Å²) < 4.78 is 0. The van der Waals surface area contributed by atoms with Crippen LogP contribution in [0.5, 0.6) is 0 Å². The number of nitrogens with one attached hydrogen (secondary N) is 1. The lowest BCUT2D eigenvalue weighted by Crippen LogP contribution is -2.35. The van der Waals surface area contributed by atoms with Gasteiger partial charge in [-0.05, 0) is 30.5 Å². The highest BCUT2D eigenvalue weighted by Gasteiger charge is 2.17. The Balaban J connectivity index is 2.19. The molecule has 98 valence electrons. The fourth-order valence-corrected chi connectivity index (χ4v) is 2.18. The monoisotopic (exact) mass is 248 g/mol. The van der Waals surface area contributed by atoms with Crippen molar-refractivity contribution in [2.24, 2.45) is 5.92 Å². The number of carbonyl (C=O) groups is 1. The van der Waals surface area contributed by atoms with E-state index in [9.17, 15) is 4.79 Å². The molecule has 4 nitrogen and oxygen atoms in total. The molecule has 0 atom stereocenters. The molecule has 1 aromatic carbocycles. The lowest BCUT2D eigenvalue weighted by molar-refractivity contribution is 0.0697. The molecule has 0 amide bonds. The maximum atomic E-state index is 10.9. The molecule has 0 saturated carbocycles. The van der Waals surface area contributed by atoms with Crippen molar-refractivity contribution in [2.75, 3.05) is 29.9 Å². The fourth-order valence-electron chi connectivity index (χ4n) is 2.18. The van der Waals surface area contributed by atoms with Gasteiger partial charge in [-0.15, -0.1) is 0 Å². The number of aromatic carboxylic acids is 1. The summed E-state index contributed by atoms with van der Waals surface area (Å²) in [6, 6.07) is 5.31. The van der Waals surface area contributed by atoms with Crippen molar-refractivity contribution in [2.45, 2.75) is 20.3 Å². The highest BCUT2D eigenvalue weighted by Crippen LogP contribution is 2.30. The Morgan fingerprint density at radius 3 is 2.94 bits per heavy atom. The minimum atomic E-state index is -0.876. The van der Waals surface area contributed by atoms with E-state index in [4.69, 9.17) is 5.11 Å². The van der Waals surface area contributed by atoms with Crippen LogP contribution in [0.1, 0.15) is 30.6 Å². The molecular formula is C14H20N2O2. The van der Waals surface area contributed by atoms with Crippen LogP contribution in [0.15, 0.2) is 18.2 Å². The normalized spacial score (nSPS) is 14.3. The second-order valence-corrected chi connectivity index (χ2v) is 5.13. The first-order chi connectivity index (χ1) is 8.58. The predicted octanol–water partition coefficient (Wildman–Crippen LogP) is 2.66. The van der Waals surface area contributed by atoms with Crippen LogP contribution in [-0.4, -0.2) is 30.7 Å². The van der Waals surface area contributed by atoms with E-state index in [1.807, 2.05) is 6.07 Å². The summed E-state index contributed by atoms with van der Waals surface area (Å²) in [5, 5.41) is 12.3. The van der Waals surface area contributed by atoms with Gasteiger partial charge in [0.2, 0.25) is 0 Å². The second kappa shape index (κ2) is 5.29. The average Bonchev–Trinajstić information content (AvgIpc) is 2.35. The van der Waals surface area contributed by atoms with E-state index in [2.05, 4.69) is 24.1 Å². The van der Waals surface area contributed by atoms with E-state index in [1.54, 1.807) is 12.1 Å². The number of anilines is 2. The third kappa shape index (κ3) is 2.75. The van der Waals surface area contributed by atoms with Gasteiger partial charge in [0, 0.05) is 19.6 Å². The standard InChI is InChI=1S/C14H20N2O2/c1-10(2)5-7-16-8-6-15-12-9-11(14(17)18)3-4-13(12)16/h3-4,9-10,15H,5-8H2,1-2H3,(H,17,18). The summed E-state index contributed by atoms with van der Waals surface area (Å²) in [5.41, 5.74) is 2.39. The minimum Gasteiger partial charge on any atom is -0.478 e. The first kappa shape index (κ1) is 12.7. The van der Waals surface area contributed by atoms with E-state index < -0.39 is 5.97 Å². The van der Waals surface area contributed by atoms with Crippen molar-refractivity contribution < 1.29 is 9.90 Å². The van der Waals surface area contributed by atoms with Gasteiger partial charge in [-0.1, -0.05) is 13.8 Å². The summed E-state index contributed by atoms with van der Waals surface area (Å²) in [5.74, 6) is -0.194. The molecule has 0 unspecified atom stereocenters. The summed E-state index contributed by atoms with van der Waals surface area (Å²) in [6.45, 7) is 7.31. The van der Waals surface area contributed by atoms with Gasteiger partial charge in [0.25, 0.3) is 0 Å². The number of nitrogens with zero attached hydrogens (tertiary/aromatic N) is 1. The smallest absolute Gasteiger partial charge is 0.335 e. The summed E-state index contributed by atoms with van der Waals surface area (Å²) in [7, 11) is 0. The van der Waals surface area contributed by atoms with Crippen LogP contribution < -0.4 is 10.2 Å². The number of benzene rings is 1. The zero-order chi connectivity index (χ0) is 13.1. The zero-order valence-electron chi connectivity index (χ0n) is 10.9. The van der Waals surface area contributed by atoms with Gasteiger partial charge in [-0.2, -0.15) is 0 Å². The molecule has 1 aromatic rings. The number of fused-ring (bicyclic) bond motifs is 1. The Morgan fingerprint density at radius 1 is 1.50 bits per heavy atom. The summed E-state index contributed by atoms with van der Waals surface area (Å²) in [6.07, 6.45) is 1.15. The maximum Gasteiger partial charge on any atom is 0.335 e. The van der Waals surface area contributed by atoms with Crippen LogP contribution in [0.3, 0.4) is 0 Å². The molecule has 0 fully saturated rings. The number of hydrogen-bond acceptors (Lipinski definition) is 3. The molecule has 0 bridgehead atoms. The van der Waals surface area contributed by atoms with Crippen molar-refractivity contribution >= 4 is 17.3 Å². The molecule has 0 aliphatic carbocycles. The molecule has 1 aliphatic rings. The Labute approximate surface area is 108 Å². The Hall–Kier alpha value is -1.71. The first-order valence-corrected chi connectivity index (χ1v) is 6.44. The molecule has 1 heterocycles. The van der Waals surface area contributed by atoms with E-state index in [0.717, 1.165) is 37.4 Å². The second-order valence-electron chi connectivity index (χ2n) is 5.13. The van der Waals surface area contributed by atoms with Crippen molar-refractivity contribution in [3.05, 3.63) is 23.8 Å². The van der Waals surface area contributed by atoms with Crippen molar-refractivity contribution in [3.63, 3.8) is 0 Å². The van der Waals surface area contributed by atoms with Crippen LogP contribution in [0.2, 0.25) is 0 Å². The van der Waals surface area contributed by atoms with Gasteiger partial charge < -0.3 is 15.3 Å². The van der Waals surface area contributed by atoms with E-state index >= 15 is 0 Å². The summed E-state index contributed by atoms with van der Waals surface area (Å²) in [4.78, 5) is 13.3. The highest BCUT2D eigenvalue weighted by atomic mass is 16.4. The van der Waals surface area contributed by atoms with Gasteiger partial charge in [0.05, 0.1) is 16.9 Å². The molecule has 0 radical (unpaired) electrons. The van der Waals surface area contributed by atoms with Gasteiger partial charge in [0.15, 0.2) is 0 Å². The van der Waals surface area contributed by atoms with E-state index in [-0.39, 0.29) is 0 Å². The molecule has 0 spiro atoms. The lowest BCUT2D eigenvalue weighted by atomic mass is 10.1. The third-order valence-electron chi connectivity index (χ3n) is 3.26. The minimum absolute atomic E-state index is 0.340. The molecule has 2 rings (SSSR count). The van der Waals surface area contributed by atoms with Crippen molar-refractivity contribution in [1.29, 1.82) is 0 Å². The van der Waals surface area contributed by atoms with Gasteiger partial charge in [-0.25, -0.2) is 4.79 Å². The molecule has 2 N–H and O–H groups in total. The van der Waals surface area contributed by atoms with Crippen molar-refractivity contribution in [3.8, 4) is 0 Å². The SMILES string of the molecule is CC(C)CCN1CCNc2cc(C(=O)O)ccc21. The maximum absolute atomic E-state index is 10.9. The number of carboxylic acid groups (broad SMARTS) is 1. The number of carboxylic acids is 1. The summed E-state index contributed by atoms with van der Waals surface area (Å²) >= 11 is 0. The van der Waals surface area contributed by atoms with Crippen molar-refractivity contribution in [1.82, 2.24) is 0 Å². The van der Waals surface area contributed by atoms with Crippen LogP contribution in [0, 0.1) is 5.92 Å². The Morgan fingerprint density at radius 2 is 2.28 bits per heavy atom. The van der Waals surface area contributed by atoms with Gasteiger partial charge in [0.1, 0.15) is 0 Å². The molecule has 0 saturated heterocycles. The molecule has 18 heavy (non-hydrogen) atoms. The van der Waals surface area contributed by atoms with E-state index in [0.29, 0.717) is 11.5 Å². The van der Waals surface area contributed by atoms with Crippen LogP contribution in [0.4, 0.5) is 11.4 Å². The predicted molar refractivity (Wildman–Crippen MR) is 73.6 cm³/mol. The molecule has 1 aliphatic heterocycles. The van der Waals surface area contributed by atoms with Gasteiger partial charge >= 0.3 is 5.97 Å². The van der Waals surface area contributed by atoms with Crippen LogP contribution >= 0.6 is 0 Å². The fraction of sp³-hybridized carbons (Fsp3) is 0.500. The van der Waals surface area contributed by atoms with Gasteiger partial charge in [-0.3, -0.25) is 0 Å². The molecule has 4 heteroatoms. The largest absolute Gasteiger partial charge is 0.478 e. The Bertz CT molecular complexity index is 443.